The number of fused-ring (bicyclic) bond motifs is 1. The van der Waals surface area contributed by atoms with E-state index in [-0.39, 0.29) is 5.43 Å². The first-order valence-corrected chi connectivity index (χ1v) is 5.94. The Kier molecular flexibility index (Phi) is 2.09. The van der Waals surface area contributed by atoms with Crippen LogP contribution in [0.4, 0.5) is 5.00 Å². The van der Waals surface area contributed by atoms with Crippen LogP contribution in [0.15, 0.2) is 33.7 Å². The van der Waals surface area contributed by atoms with Gasteiger partial charge in [0.25, 0.3) is 0 Å². The summed E-state index contributed by atoms with van der Waals surface area (Å²) in [6, 6.07) is 5.24. The Hall–Kier alpha value is -2.01. The van der Waals surface area contributed by atoms with Gasteiger partial charge in [-0.05, 0) is 25.1 Å². The lowest BCUT2D eigenvalue weighted by atomic mass is 10.1. The molecule has 17 heavy (non-hydrogen) atoms. The van der Waals surface area contributed by atoms with Gasteiger partial charge >= 0.3 is 0 Å². The summed E-state index contributed by atoms with van der Waals surface area (Å²) in [5.41, 5.74) is 7.03. The highest BCUT2D eigenvalue weighted by Gasteiger charge is 2.14. The third-order valence-electron chi connectivity index (χ3n) is 2.67. The fourth-order valence-corrected chi connectivity index (χ4v) is 2.81. The number of aryl methyl sites for hydroxylation is 1. The van der Waals surface area contributed by atoms with Crippen LogP contribution < -0.4 is 11.2 Å². The topological polar surface area (TPSA) is 72.0 Å². The maximum atomic E-state index is 12.3. The lowest BCUT2D eigenvalue weighted by Gasteiger charge is -2.02. The first-order chi connectivity index (χ1) is 8.16. The second-order valence-corrected chi connectivity index (χ2v) is 4.91. The fraction of sp³-hybridized carbons (Fsp3) is 0.0833. The molecule has 5 heteroatoms. The minimum absolute atomic E-state index is 0.0425. The van der Waals surface area contributed by atoms with Crippen molar-refractivity contribution in [2.24, 2.45) is 0 Å². The normalized spacial score (nSPS) is 11.1. The van der Waals surface area contributed by atoms with Crippen molar-refractivity contribution in [1.82, 2.24) is 4.98 Å². The molecule has 0 bridgehead atoms. The van der Waals surface area contributed by atoms with Crippen LogP contribution in [0.5, 0.6) is 0 Å². The Morgan fingerprint density at radius 3 is 3.00 bits per heavy atom. The third-order valence-corrected chi connectivity index (χ3v) is 3.55. The molecule has 3 aromatic heterocycles. The molecule has 3 aromatic rings. The van der Waals surface area contributed by atoms with E-state index in [1.165, 1.54) is 11.3 Å². The van der Waals surface area contributed by atoms with Gasteiger partial charge in [-0.2, -0.15) is 0 Å². The zero-order valence-corrected chi connectivity index (χ0v) is 9.93. The lowest BCUT2D eigenvalue weighted by Crippen LogP contribution is -2.07. The SMILES string of the molecule is Cc1[nH]c2sc(N)cc2c(=O)c1-c1ccco1. The Balaban J connectivity index is 2.43. The summed E-state index contributed by atoms with van der Waals surface area (Å²) in [6.45, 7) is 1.86. The number of anilines is 1. The van der Waals surface area contributed by atoms with Crippen molar-refractivity contribution in [3.05, 3.63) is 40.4 Å². The van der Waals surface area contributed by atoms with Crippen LogP contribution >= 0.6 is 11.3 Å². The van der Waals surface area contributed by atoms with Crippen molar-refractivity contribution in [3.63, 3.8) is 0 Å². The summed E-state index contributed by atoms with van der Waals surface area (Å²) < 4.78 is 5.29. The average molecular weight is 246 g/mol. The minimum Gasteiger partial charge on any atom is -0.464 e. The molecule has 0 aliphatic heterocycles. The maximum Gasteiger partial charge on any atom is 0.201 e. The van der Waals surface area contributed by atoms with Crippen molar-refractivity contribution >= 4 is 26.6 Å². The highest BCUT2D eigenvalue weighted by atomic mass is 32.1. The predicted octanol–water partition coefficient (Wildman–Crippen LogP) is 2.74. The van der Waals surface area contributed by atoms with Crippen molar-refractivity contribution < 1.29 is 4.42 Å². The minimum atomic E-state index is -0.0425. The Labute approximate surface area is 101 Å². The second-order valence-electron chi connectivity index (χ2n) is 3.82. The van der Waals surface area contributed by atoms with Gasteiger partial charge in [0, 0.05) is 5.69 Å². The van der Waals surface area contributed by atoms with Crippen LogP contribution in [0.25, 0.3) is 21.5 Å². The van der Waals surface area contributed by atoms with E-state index in [4.69, 9.17) is 10.2 Å². The molecule has 0 aromatic carbocycles. The third kappa shape index (κ3) is 1.47. The number of rotatable bonds is 1. The number of aromatic nitrogens is 1. The van der Waals surface area contributed by atoms with Gasteiger partial charge in [-0.25, -0.2) is 0 Å². The van der Waals surface area contributed by atoms with Crippen LogP contribution in [0.3, 0.4) is 0 Å². The van der Waals surface area contributed by atoms with E-state index < -0.39 is 0 Å². The molecule has 86 valence electrons. The monoisotopic (exact) mass is 246 g/mol. The number of furan rings is 1. The maximum absolute atomic E-state index is 12.3. The van der Waals surface area contributed by atoms with Crippen molar-refractivity contribution in [1.29, 1.82) is 0 Å². The standard InChI is InChI=1S/C12H10N2O2S/c1-6-10(8-3-2-4-16-8)11(15)7-5-9(13)17-12(7)14-6/h2-5H,13H2,1H3,(H,14,15). The van der Waals surface area contributed by atoms with Gasteiger partial charge in [0.05, 0.1) is 22.2 Å². The smallest absolute Gasteiger partial charge is 0.201 e. The molecule has 3 rings (SSSR count). The molecule has 0 atom stereocenters. The molecule has 0 radical (unpaired) electrons. The van der Waals surface area contributed by atoms with E-state index >= 15 is 0 Å². The number of H-pyrrole nitrogens is 1. The number of thiophene rings is 1. The molecule has 0 amide bonds. The molecular weight excluding hydrogens is 236 g/mol. The molecule has 4 nitrogen and oxygen atoms in total. The summed E-state index contributed by atoms with van der Waals surface area (Å²) in [4.78, 5) is 16.3. The summed E-state index contributed by atoms with van der Waals surface area (Å²) in [7, 11) is 0. The number of nitrogen functional groups attached to an aromatic ring is 1. The zero-order chi connectivity index (χ0) is 12.0. The van der Waals surface area contributed by atoms with E-state index in [9.17, 15) is 4.79 Å². The second kappa shape index (κ2) is 3.49. The molecule has 3 heterocycles. The first-order valence-electron chi connectivity index (χ1n) is 5.12. The first kappa shape index (κ1) is 10.2. The number of nitrogens with two attached hydrogens (primary N) is 1. The van der Waals surface area contributed by atoms with Gasteiger partial charge in [-0.15, -0.1) is 11.3 Å². The van der Waals surface area contributed by atoms with Crippen molar-refractivity contribution in [3.8, 4) is 11.3 Å². The molecule has 0 saturated carbocycles. The zero-order valence-electron chi connectivity index (χ0n) is 9.11. The number of hydrogen-bond acceptors (Lipinski definition) is 4. The van der Waals surface area contributed by atoms with Crippen LogP contribution in [0.2, 0.25) is 0 Å². The summed E-state index contributed by atoms with van der Waals surface area (Å²) in [5, 5.41) is 1.24. The van der Waals surface area contributed by atoms with Gasteiger partial charge in [0.15, 0.2) is 0 Å². The quantitative estimate of drug-likeness (QED) is 0.693. The summed E-state index contributed by atoms with van der Waals surface area (Å²) in [5.74, 6) is 0.579. The Morgan fingerprint density at radius 1 is 1.47 bits per heavy atom. The molecule has 0 aliphatic carbocycles. The highest BCUT2D eigenvalue weighted by molar-refractivity contribution is 7.22. The molecule has 3 N–H and O–H groups in total. The van der Waals surface area contributed by atoms with E-state index in [1.54, 1.807) is 24.5 Å². The predicted molar refractivity (Wildman–Crippen MR) is 69.3 cm³/mol. The average Bonchev–Trinajstić information content (AvgIpc) is 2.87. The molecule has 0 fully saturated rings. The van der Waals surface area contributed by atoms with Gasteiger partial charge in [0.1, 0.15) is 10.6 Å². The Bertz CT molecular complexity index is 738. The number of aromatic amines is 1. The van der Waals surface area contributed by atoms with Crippen LogP contribution in [-0.2, 0) is 0 Å². The van der Waals surface area contributed by atoms with Crippen LogP contribution in [0.1, 0.15) is 5.69 Å². The molecule has 0 spiro atoms. The number of hydrogen-bond donors (Lipinski definition) is 2. The van der Waals surface area contributed by atoms with E-state index in [0.29, 0.717) is 21.7 Å². The summed E-state index contributed by atoms with van der Waals surface area (Å²) >= 11 is 1.38. The molecular formula is C12H10N2O2S. The molecule has 0 aliphatic rings. The van der Waals surface area contributed by atoms with Gasteiger partial charge in [0.2, 0.25) is 5.43 Å². The van der Waals surface area contributed by atoms with Crippen molar-refractivity contribution in [2.45, 2.75) is 6.92 Å². The molecule has 0 saturated heterocycles. The van der Waals surface area contributed by atoms with Gasteiger partial charge < -0.3 is 15.1 Å². The van der Waals surface area contributed by atoms with Crippen LogP contribution in [0, 0.1) is 6.92 Å². The van der Waals surface area contributed by atoms with Crippen LogP contribution in [-0.4, -0.2) is 4.98 Å². The van der Waals surface area contributed by atoms with E-state index in [1.807, 2.05) is 6.92 Å². The fourth-order valence-electron chi connectivity index (χ4n) is 1.93. The number of nitrogens with one attached hydrogen (secondary N) is 1. The van der Waals surface area contributed by atoms with Crippen molar-refractivity contribution in [2.75, 3.05) is 5.73 Å². The lowest BCUT2D eigenvalue weighted by molar-refractivity contribution is 0.581. The largest absolute Gasteiger partial charge is 0.464 e. The molecule has 0 unspecified atom stereocenters. The van der Waals surface area contributed by atoms with Gasteiger partial charge in [-0.1, -0.05) is 0 Å². The van der Waals surface area contributed by atoms with E-state index in [0.717, 1.165) is 10.5 Å². The van der Waals surface area contributed by atoms with E-state index in [2.05, 4.69) is 4.98 Å². The van der Waals surface area contributed by atoms with Gasteiger partial charge in [-0.3, -0.25) is 4.79 Å². The summed E-state index contributed by atoms with van der Waals surface area (Å²) in [6.07, 6.45) is 1.56. The highest BCUT2D eigenvalue weighted by Crippen LogP contribution is 2.27. The number of pyridine rings is 1. The Morgan fingerprint density at radius 2 is 2.29 bits per heavy atom.